The lowest BCUT2D eigenvalue weighted by molar-refractivity contribution is 0.0933. The van der Waals surface area contributed by atoms with E-state index in [1.165, 1.54) is 22.4 Å². The van der Waals surface area contributed by atoms with Gasteiger partial charge in [0.1, 0.15) is 0 Å². The van der Waals surface area contributed by atoms with E-state index in [0.717, 1.165) is 83.0 Å². The third-order valence-corrected chi connectivity index (χ3v) is 7.52. The highest BCUT2D eigenvalue weighted by Gasteiger charge is 2.27. The third kappa shape index (κ3) is 7.69. The van der Waals surface area contributed by atoms with Crippen LogP contribution in [0.4, 0.5) is 11.4 Å². The molecule has 38 heavy (non-hydrogen) atoms. The third-order valence-electron chi connectivity index (χ3n) is 7.52. The molecule has 0 saturated carbocycles. The minimum Gasteiger partial charge on any atom is -0.378 e. The van der Waals surface area contributed by atoms with Gasteiger partial charge in [-0.2, -0.15) is 8.42 Å². The lowest BCUT2D eigenvalue weighted by atomic mass is 9.84. The minimum atomic E-state index is -3.67. The zero-order valence-electron chi connectivity index (χ0n) is 22.6. The SMILES string of the molecule is CS(=O)(=O)O.Cc1ccc(N2CCN(C)CC2)c2c1CCC(NC(=O)c1ccc(N3CCOCC3)cc1)C2. The van der Waals surface area contributed by atoms with Gasteiger partial charge in [0.15, 0.2) is 0 Å². The van der Waals surface area contributed by atoms with Gasteiger partial charge in [0, 0.05) is 62.2 Å². The summed E-state index contributed by atoms with van der Waals surface area (Å²) >= 11 is 0. The molecule has 9 nitrogen and oxygen atoms in total. The van der Waals surface area contributed by atoms with Crippen LogP contribution in [-0.4, -0.2) is 95.6 Å². The molecule has 1 atom stereocenters. The molecule has 5 rings (SSSR count). The second kappa shape index (κ2) is 12.5. The predicted octanol–water partition coefficient (Wildman–Crippen LogP) is 2.37. The maximum Gasteiger partial charge on any atom is 0.261 e. The smallest absolute Gasteiger partial charge is 0.261 e. The van der Waals surface area contributed by atoms with Gasteiger partial charge < -0.3 is 24.8 Å². The standard InChI is InChI=1S/C27H36N4O2.CH4O3S/c1-20-3-10-26(31-13-11-29(2)12-14-31)25-19-22(6-9-24(20)25)28-27(32)21-4-7-23(8-5-21)30-15-17-33-18-16-30;1-5(2,3)4/h3-5,7-8,10,22H,6,9,11-19H2,1-2H3,(H,28,32);1H3,(H,2,3,4). The van der Waals surface area contributed by atoms with E-state index in [1.54, 1.807) is 0 Å². The number of likely N-dealkylation sites (N-methyl/N-ethyl adjacent to an activating group) is 1. The fourth-order valence-corrected chi connectivity index (χ4v) is 5.42. The van der Waals surface area contributed by atoms with Crippen LogP contribution >= 0.6 is 0 Å². The normalized spacial score (nSPS) is 20.3. The van der Waals surface area contributed by atoms with Crippen molar-refractivity contribution in [2.24, 2.45) is 0 Å². The molecule has 0 radical (unpaired) electrons. The van der Waals surface area contributed by atoms with Crippen LogP contribution in [0.1, 0.15) is 33.5 Å². The van der Waals surface area contributed by atoms with E-state index in [2.05, 4.69) is 58.3 Å². The maximum atomic E-state index is 13.0. The molecule has 0 bridgehead atoms. The zero-order chi connectivity index (χ0) is 27.3. The molecule has 10 heteroatoms. The summed E-state index contributed by atoms with van der Waals surface area (Å²) in [6, 6.07) is 12.8. The number of nitrogens with one attached hydrogen (secondary N) is 1. The Morgan fingerprint density at radius 3 is 2.21 bits per heavy atom. The van der Waals surface area contributed by atoms with E-state index in [4.69, 9.17) is 9.29 Å². The van der Waals surface area contributed by atoms with Crippen LogP contribution in [0.5, 0.6) is 0 Å². The van der Waals surface area contributed by atoms with E-state index in [9.17, 15) is 13.2 Å². The van der Waals surface area contributed by atoms with E-state index in [0.29, 0.717) is 6.26 Å². The highest BCUT2D eigenvalue weighted by molar-refractivity contribution is 7.85. The number of nitrogens with zero attached hydrogens (tertiary/aromatic N) is 3. The Balaban J connectivity index is 0.000000617. The molecule has 2 aromatic rings. The van der Waals surface area contributed by atoms with Crippen LogP contribution in [0.2, 0.25) is 0 Å². The van der Waals surface area contributed by atoms with E-state index >= 15 is 0 Å². The molecule has 0 aromatic heterocycles. The number of aryl methyl sites for hydroxylation is 1. The van der Waals surface area contributed by atoms with Crippen LogP contribution in [-0.2, 0) is 27.7 Å². The Labute approximate surface area is 226 Å². The fraction of sp³-hybridized carbons (Fsp3) is 0.536. The minimum absolute atomic E-state index is 0.0331. The molecule has 2 N–H and O–H groups in total. The molecule has 2 saturated heterocycles. The highest BCUT2D eigenvalue weighted by atomic mass is 32.2. The Bertz CT molecular complexity index is 1200. The van der Waals surface area contributed by atoms with Crippen molar-refractivity contribution < 1.29 is 22.5 Å². The summed E-state index contributed by atoms with van der Waals surface area (Å²) in [6.07, 6.45) is 3.66. The summed E-state index contributed by atoms with van der Waals surface area (Å²) in [4.78, 5) is 20.3. The summed E-state index contributed by atoms with van der Waals surface area (Å²) in [6.45, 7) is 9.90. The highest BCUT2D eigenvalue weighted by Crippen LogP contribution is 2.33. The first-order valence-electron chi connectivity index (χ1n) is 13.3. The van der Waals surface area contributed by atoms with Crippen molar-refractivity contribution in [2.45, 2.75) is 32.2 Å². The summed E-state index contributed by atoms with van der Waals surface area (Å²) < 4.78 is 31.3. The number of rotatable bonds is 4. The molecule has 1 unspecified atom stereocenters. The van der Waals surface area contributed by atoms with Gasteiger partial charge in [0.25, 0.3) is 16.0 Å². The molecule has 1 amide bonds. The Kier molecular flexibility index (Phi) is 9.30. The number of carbonyl (C=O) groups is 1. The average molecular weight is 545 g/mol. The number of hydrogen-bond donors (Lipinski definition) is 2. The zero-order valence-corrected chi connectivity index (χ0v) is 23.5. The maximum absolute atomic E-state index is 13.0. The predicted molar refractivity (Wildman–Crippen MR) is 151 cm³/mol. The number of carbonyl (C=O) groups excluding carboxylic acids is 1. The van der Waals surface area contributed by atoms with Gasteiger partial charge in [-0.1, -0.05) is 6.07 Å². The molecule has 2 heterocycles. The van der Waals surface area contributed by atoms with Crippen molar-refractivity contribution in [3.8, 4) is 0 Å². The second-order valence-electron chi connectivity index (χ2n) is 10.4. The number of morpholine rings is 1. The van der Waals surface area contributed by atoms with Crippen molar-refractivity contribution in [1.29, 1.82) is 0 Å². The summed E-state index contributed by atoms with van der Waals surface area (Å²) in [5.41, 5.74) is 7.59. The molecule has 3 aliphatic rings. The molecular formula is C28H40N4O5S. The number of fused-ring (bicyclic) bond motifs is 1. The lowest BCUT2D eigenvalue weighted by Gasteiger charge is -2.37. The van der Waals surface area contributed by atoms with Crippen LogP contribution in [0.3, 0.4) is 0 Å². The number of piperazine rings is 1. The van der Waals surface area contributed by atoms with Gasteiger partial charge in [0.2, 0.25) is 0 Å². The quantitative estimate of drug-likeness (QED) is 0.566. The average Bonchev–Trinajstić information content (AvgIpc) is 2.89. The van der Waals surface area contributed by atoms with Crippen molar-refractivity contribution >= 4 is 27.4 Å². The molecule has 1 aliphatic carbocycles. The number of hydrogen-bond acceptors (Lipinski definition) is 7. The number of anilines is 2. The largest absolute Gasteiger partial charge is 0.378 e. The van der Waals surface area contributed by atoms with Gasteiger partial charge in [-0.15, -0.1) is 0 Å². The summed E-state index contributed by atoms with van der Waals surface area (Å²) in [5, 5.41) is 3.33. The Hall–Kier alpha value is -2.66. The van der Waals surface area contributed by atoms with Crippen LogP contribution in [0, 0.1) is 6.92 Å². The number of amides is 1. The molecule has 208 valence electrons. The molecule has 2 aromatic carbocycles. The monoisotopic (exact) mass is 544 g/mol. The summed E-state index contributed by atoms with van der Waals surface area (Å²) in [7, 11) is -1.47. The molecule has 2 fully saturated rings. The van der Waals surface area contributed by atoms with E-state index < -0.39 is 10.1 Å². The molecule has 0 spiro atoms. The van der Waals surface area contributed by atoms with Gasteiger partial charge in [-0.25, -0.2) is 0 Å². The summed E-state index contributed by atoms with van der Waals surface area (Å²) in [5.74, 6) is 0.0331. The molecule has 2 aliphatic heterocycles. The number of ether oxygens (including phenoxy) is 1. The van der Waals surface area contributed by atoms with Crippen molar-refractivity contribution in [3.63, 3.8) is 0 Å². The van der Waals surface area contributed by atoms with E-state index in [-0.39, 0.29) is 11.9 Å². The van der Waals surface area contributed by atoms with Crippen molar-refractivity contribution in [1.82, 2.24) is 10.2 Å². The van der Waals surface area contributed by atoms with Crippen LogP contribution in [0.25, 0.3) is 0 Å². The fourth-order valence-electron chi connectivity index (χ4n) is 5.42. The first kappa shape index (κ1) is 28.4. The van der Waals surface area contributed by atoms with Gasteiger partial charge >= 0.3 is 0 Å². The van der Waals surface area contributed by atoms with Crippen molar-refractivity contribution in [3.05, 3.63) is 58.7 Å². The van der Waals surface area contributed by atoms with Crippen LogP contribution < -0.4 is 15.1 Å². The first-order chi connectivity index (χ1) is 18.1. The first-order valence-corrected chi connectivity index (χ1v) is 15.1. The van der Waals surface area contributed by atoms with Gasteiger partial charge in [-0.05, 0) is 80.3 Å². The van der Waals surface area contributed by atoms with E-state index in [1.807, 2.05) is 12.1 Å². The van der Waals surface area contributed by atoms with Crippen molar-refractivity contribution in [2.75, 3.05) is 75.6 Å². The van der Waals surface area contributed by atoms with Gasteiger partial charge in [0.05, 0.1) is 19.5 Å². The molecular weight excluding hydrogens is 504 g/mol. The number of benzene rings is 2. The van der Waals surface area contributed by atoms with Gasteiger partial charge in [-0.3, -0.25) is 9.35 Å². The van der Waals surface area contributed by atoms with Crippen LogP contribution in [0.15, 0.2) is 36.4 Å². The topological polar surface area (TPSA) is 102 Å². The Morgan fingerprint density at radius 1 is 0.947 bits per heavy atom. The lowest BCUT2D eigenvalue weighted by Crippen LogP contribution is -2.45. The second-order valence-corrected chi connectivity index (χ2v) is 11.9. The Morgan fingerprint density at radius 2 is 1.58 bits per heavy atom.